The molecular formula is C23H28N4O4. The zero-order chi connectivity index (χ0) is 21.8. The topological polar surface area (TPSA) is 91.4 Å². The Morgan fingerprint density at radius 3 is 2.84 bits per heavy atom. The van der Waals surface area contributed by atoms with E-state index in [0.717, 1.165) is 37.3 Å². The van der Waals surface area contributed by atoms with Crippen LogP contribution in [0.25, 0.3) is 0 Å². The lowest BCUT2D eigenvalue weighted by molar-refractivity contribution is -0.0109. The summed E-state index contributed by atoms with van der Waals surface area (Å²) in [5, 5.41) is 11.4. The highest BCUT2D eigenvalue weighted by Crippen LogP contribution is 2.26. The van der Waals surface area contributed by atoms with Crippen LogP contribution in [-0.4, -0.2) is 40.2 Å². The molecule has 4 rings (SSSR count). The van der Waals surface area contributed by atoms with Gasteiger partial charge in [0.2, 0.25) is 0 Å². The van der Waals surface area contributed by atoms with E-state index in [2.05, 4.69) is 15.6 Å². The summed E-state index contributed by atoms with van der Waals surface area (Å²) in [4.78, 5) is 13.0. The number of hydrogen-bond acceptors (Lipinski definition) is 6. The molecule has 1 amide bonds. The highest BCUT2D eigenvalue weighted by Gasteiger charge is 2.22. The maximum atomic E-state index is 13.0. The van der Waals surface area contributed by atoms with Gasteiger partial charge in [-0.25, -0.2) is 0 Å². The Morgan fingerprint density at radius 1 is 1.26 bits per heavy atom. The van der Waals surface area contributed by atoms with Gasteiger partial charge < -0.3 is 19.3 Å². The van der Waals surface area contributed by atoms with Crippen molar-refractivity contribution < 1.29 is 18.8 Å². The molecule has 164 valence electrons. The number of nitrogens with one attached hydrogen (secondary N) is 1. The monoisotopic (exact) mass is 424 g/mol. The van der Waals surface area contributed by atoms with Crippen molar-refractivity contribution in [2.24, 2.45) is 0 Å². The number of rotatable bonds is 7. The molecule has 0 spiro atoms. The number of hydrogen-bond donors (Lipinski definition) is 1. The van der Waals surface area contributed by atoms with Crippen LogP contribution in [0.4, 0.5) is 5.69 Å². The fraction of sp³-hybridized carbons (Fsp3) is 0.435. The van der Waals surface area contributed by atoms with Gasteiger partial charge in [0.05, 0.1) is 24.0 Å². The van der Waals surface area contributed by atoms with E-state index >= 15 is 0 Å². The summed E-state index contributed by atoms with van der Waals surface area (Å²) in [6.07, 6.45) is 3.32. The standard InChI is InChI=1S/C23H28N4O4/c1-15-12-16(2)27(25-15)13-19-17(3)31-26-22(19)23(28)24-20-9-4-5-10-21(20)30-14-18-8-6-7-11-29-18/h4-5,9-10,12,18H,6-8,11,13-14H2,1-3H3,(H,24,28)/t18-/m1/s1. The van der Waals surface area contributed by atoms with Crippen LogP contribution in [0.15, 0.2) is 34.9 Å². The second-order valence-electron chi connectivity index (χ2n) is 7.90. The lowest BCUT2D eigenvalue weighted by Crippen LogP contribution is -2.26. The van der Waals surface area contributed by atoms with E-state index < -0.39 is 0 Å². The van der Waals surface area contributed by atoms with Gasteiger partial charge in [-0.05, 0) is 58.2 Å². The Balaban J connectivity index is 1.48. The van der Waals surface area contributed by atoms with Crippen molar-refractivity contribution in [3.63, 3.8) is 0 Å². The van der Waals surface area contributed by atoms with E-state index in [9.17, 15) is 4.79 Å². The van der Waals surface area contributed by atoms with Crippen LogP contribution in [0.3, 0.4) is 0 Å². The molecule has 0 radical (unpaired) electrons. The van der Waals surface area contributed by atoms with Crippen molar-refractivity contribution in [3.8, 4) is 5.75 Å². The summed E-state index contributed by atoms with van der Waals surface area (Å²) in [6, 6.07) is 9.36. The third-order valence-electron chi connectivity index (χ3n) is 5.44. The minimum Gasteiger partial charge on any atom is -0.489 e. The number of benzene rings is 1. The van der Waals surface area contributed by atoms with Crippen molar-refractivity contribution in [1.29, 1.82) is 0 Å². The van der Waals surface area contributed by atoms with Gasteiger partial charge in [-0.3, -0.25) is 9.48 Å². The minimum absolute atomic E-state index is 0.0862. The van der Waals surface area contributed by atoms with Crippen molar-refractivity contribution in [2.45, 2.75) is 52.7 Å². The summed E-state index contributed by atoms with van der Waals surface area (Å²) >= 11 is 0. The third-order valence-corrected chi connectivity index (χ3v) is 5.44. The minimum atomic E-state index is -0.349. The molecule has 0 aliphatic carbocycles. The van der Waals surface area contributed by atoms with Crippen molar-refractivity contribution in [2.75, 3.05) is 18.5 Å². The molecule has 3 aromatic rings. The summed E-state index contributed by atoms with van der Waals surface area (Å²) < 4.78 is 18.9. The van der Waals surface area contributed by atoms with Crippen molar-refractivity contribution in [1.82, 2.24) is 14.9 Å². The first kappa shape index (κ1) is 21.1. The molecule has 3 heterocycles. The number of anilines is 1. The van der Waals surface area contributed by atoms with Crippen LogP contribution in [-0.2, 0) is 11.3 Å². The van der Waals surface area contributed by atoms with E-state index in [-0.39, 0.29) is 17.7 Å². The van der Waals surface area contributed by atoms with Crippen LogP contribution in [0.2, 0.25) is 0 Å². The second-order valence-corrected chi connectivity index (χ2v) is 7.90. The van der Waals surface area contributed by atoms with Gasteiger partial charge in [0.15, 0.2) is 5.69 Å². The molecule has 1 aromatic carbocycles. The Bertz CT molecular complexity index is 1050. The molecule has 8 heteroatoms. The quantitative estimate of drug-likeness (QED) is 0.615. The molecule has 0 unspecified atom stereocenters. The predicted octanol–water partition coefficient (Wildman–Crippen LogP) is 4.04. The van der Waals surface area contributed by atoms with Gasteiger partial charge >= 0.3 is 0 Å². The summed E-state index contributed by atoms with van der Waals surface area (Å²) in [6.45, 7) is 7.36. The fourth-order valence-corrected chi connectivity index (χ4v) is 3.74. The first-order valence-electron chi connectivity index (χ1n) is 10.6. The summed E-state index contributed by atoms with van der Waals surface area (Å²) in [7, 11) is 0. The SMILES string of the molecule is Cc1cc(C)n(Cc2c(C(=O)Nc3ccccc3OC[C@H]3CCCCO3)noc2C)n1. The summed E-state index contributed by atoms with van der Waals surface area (Å²) in [5.41, 5.74) is 3.47. The molecule has 1 fully saturated rings. The number of ether oxygens (including phenoxy) is 2. The van der Waals surface area contributed by atoms with Crippen LogP contribution in [0, 0.1) is 20.8 Å². The number of para-hydroxylation sites is 2. The zero-order valence-electron chi connectivity index (χ0n) is 18.2. The maximum Gasteiger partial charge on any atom is 0.278 e. The second kappa shape index (κ2) is 9.34. The Hall–Kier alpha value is -3.13. The largest absolute Gasteiger partial charge is 0.489 e. The normalized spacial score (nSPS) is 16.3. The predicted molar refractivity (Wildman–Crippen MR) is 116 cm³/mol. The number of aryl methyl sites for hydroxylation is 3. The molecule has 8 nitrogen and oxygen atoms in total. The van der Waals surface area contributed by atoms with E-state index in [4.69, 9.17) is 14.0 Å². The van der Waals surface area contributed by atoms with Crippen LogP contribution < -0.4 is 10.1 Å². The number of amides is 1. The maximum absolute atomic E-state index is 13.0. The highest BCUT2D eigenvalue weighted by atomic mass is 16.5. The van der Waals surface area contributed by atoms with Crippen molar-refractivity contribution >= 4 is 11.6 Å². The first-order chi connectivity index (χ1) is 15.0. The van der Waals surface area contributed by atoms with E-state index in [1.807, 2.05) is 48.9 Å². The van der Waals surface area contributed by atoms with Gasteiger partial charge in [0.1, 0.15) is 18.1 Å². The van der Waals surface area contributed by atoms with Crippen LogP contribution >= 0.6 is 0 Å². The van der Waals surface area contributed by atoms with Crippen LogP contribution in [0.1, 0.15) is 52.5 Å². The fourth-order valence-electron chi connectivity index (χ4n) is 3.74. The Labute approximate surface area is 181 Å². The van der Waals surface area contributed by atoms with Gasteiger partial charge in [-0.15, -0.1) is 0 Å². The molecule has 1 aliphatic rings. The molecular weight excluding hydrogens is 396 g/mol. The molecule has 0 bridgehead atoms. The molecule has 0 saturated carbocycles. The Kier molecular flexibility index (Phi) is 6.36. The van der Waals surface area contributed by atoms with Gasteiger partial charge in [0.25, 0.3) is 5.91 Å². The molecule has 1 saturated heterocycles. The van der Waals surface area contributed by atoms with Crippen LogP contribution in [0.5, 0.6) is 5.75 Å². The van der Waals surface area contributed by atoms with E-state index in [1.54, 1.807) is 6.92 Å². The average Bonchev–Trinajstić information content (AvgIpc) is 3.29. The number of carbonyl (C=O) groups is 1. The molecule has 1 atom stereocenters. The Morgan fingerprint density at radius 2 is 2.10 bits per heavy atom. The lowest BCUT2D eigenvalue weighted by Gasteiger charge is -2.23. The average molecular weight is 425 g/mol. The number of nitrogens with zero attached hydrogens (tertiary/aromatic N) is 3. The van der Waals surface area contributed by atoms with E-state index in [0.29, 0.717) is 35.9 Å². The van der Waals surface area contributed by atoms with Gasteiger partial charge in [-0.1, -0.05) is 17.3 Å². The summed E-state index contributed by atoms with van der Waals surface area (Å²) in [5.74, 6) is 0.848. The highest BCUT2D eigenvalue weighted by molar-refractivity contribution is 6.04. The number of aromatic nitrogens is 3. The van der Waals surface area contributed by atoms with Gasteiger partial charge in [-0.2, -0.15) is 5.10 Å². The van der Waals surface area contributed by atoms with Crippen molar-refractivity contribution in [3.05, 3.63) is 58.7 Å². The lowest BCUT2D eigenvalue weighted by atomic mass is 10.1. The van der Waals surface area contributed by atoms with Gasteiger partial charge in [0, 0.05) is 17.9 Å². The smallest absolute Gasteiger partial charge is 0.278 e. The molecule has 1 aliphatic heterocycles. The number of carbonyl (C=O) groups excluding carboxylic acids is 1. The zero-order valence-corrected chi connectivity index (χ0v) is 18.2. The van der Waals surface area contributed by atoms with E-state index in [1.165, 1.54) is 0 Å². The molecule has 2 aromatic heterocycles. The third kappa shape index (κ3) is 4.96. The molecule has 1 N–H and O–H groups in total. The first-order valence-corrected chi connectivity index (χ1v) is 10.6. The molecule has 31 heavy (non-hydrogen) atoms.